The van der Waals surface area contributed by atoms with Crippen LogP contribution in [0.2, 0.25) is 0 Å². The van der Waals surface area contributed by atoms with E-state index < -0.39 is 0 Å². The summed E-state index contributed by atoms with van der Waals surface area (Å²) in [7, 11) is 1.66. The van der Waals surface area contributed by atoms with Gasteiger partial charge in [0.2, 0.25) is 0 Å². The Morgan fingerprint density at radius 3 is 2.87 bits per heavy atom. The number of carbonyl (C=O) groups excluding carboxylic acids is 1. The number of pyridine rings is 1. The lowest BCUT2D eigenvalue weighted by Gasteiger charge is -2.13. The number of nitrogens with zero attached hydrogens (tertiary/aromatic N) is 1. The van der Waals surface area contributed by atoms with Crippen molar-refractivity contribution in [3.63, 3.8) is 0 Å². The van der Waals surface area contributed by atoms with Gasteiger partial charge in [0.15, 0.2) is 6.29 Å². The number of hydrogen-bond acceptors (Lipinski definition) is 4. The lowest BCUT2D eigenvalue weighted by atomic mass is 10.3. The predicted molar refractivity (Wildman–Crippen MR) is 56.2 cm³/mol. The van der Waals surface area contributed by atoms with Crippen LogP contribution in [0.1, 0.15) is 23.8 Å². The zero-order valence-corrected chi connectivity index (χ0v) is 8.97. The van der Waals surface area contributed by atoms with Crippen LogP contribution in [-0.4, -0.2) is 31.1 Å². The molecule has 82 valence electrons. The van der Waals surface area contributed by atoms with Gasteiger partial charge in [0.05, 0.1) is 12.3 Å². The smallest absolute Gasteiger partial charge is 0.168 e. The molecule has 0 amide bonds. The zero-order valence-electron chi connectivity index (χ0n) is 8.97. The van der Waals surface area contributed by atoms with Gasteiger partial charge in [-0.1, -0.05) is 0 Å². The molecule has 0 aromatic carbocycles. The van der Waals surface area contributed by atoms with Crippen LogP contribution >= 0.6 is 0 Å². The molecule has 0 spiro atoms. The molecule has 0 N–H and O–H groups in total. The molecule has 0 radical (unpaired) electrons. The minimum Gasteiger partial charge on any atom is -0.489 e. The summed E-state index contributed by atoms with van der Waals surface area (Å²) in [5.74, 6) is 0.671. The summed E-state index contributed by atoms with van der Waals surface area (Å²) in [6.45, 7) is 2.63. The largest absolute Gasteiger partial charge is 0.489 e. The van der Waals surface area contributed by atoms with E-state index in [0.29, 0.717) is 24.3 Å². The van der Waals surface area contributed by atoms with Crippen molar-refractivity contribution in [2.24, 2.45) is 0 Å². The first-order valence-corrected chi connectivity index (χ1v) is 4.83. The SMILES string of the molecule is COCCC(C)Oc1ccc(C=O)nc1. The molecule has 0 aliphatic heterocycles. The number of hydrogen-bond donors (Lipinski definition) is 0. The Labute approximate surface area is 89.2 Å². The van der Waals surface area contributed by atoms with Crippen LogP contribution < -0.4 is 4.74 Å². The fourth-order valence-corrected chi connectivity index (χ4v) is 1.11. The summed E-state index contributed by atoms with van der Waals surface area (Å²) >= 11 is 0. The van der Waals surface area contributed by atoms with Crippen molar-refractivity contribution < 1.29 is 14.3 Å². The van der Waals surface area contributed by atoms with Crippen molar-refractivity contribution >= 4 is 6.29 Å². The van der Waals surface area contributed by atoms with Gasteiger partial charge < -0.3 is 9.47 Å². The maximum Gasteiger partial charge on any atom is 0.168 e. The van der Waals surface area contributed by atoms with E-state index in [1.807, 2.05) is 6.92 Å². The fraction of sp³-hybridized carbons (Fsp3) is 0.455. The summed E-state index contributed by atoms with van der Waals surface area (Å²) in [6, 6.07) is 3.37. The Bertz CT molecular complexity index is 297. The van der Waals surface area contributed by atoms with Gasteiger partial charge in [0.1, 0.15) is 11.4 Å². The van der Waals surface area contributed by atoms with Crippen LogP contribution in [0.3, 0.4) is 0 Å². The van der Waals surface area contributed by atoms with Crippen LogP contribution in [-0.2, 0) is 4.74 Å². The normalized spacial score (nSPS) is 12.1. The summed E-state index contributed by atoms with van der Waals surface area (Å²) in [4.78, 5) is 14.3. The third kappa shape index (κ3) is 4.08. The minimum atomic E-state index is 0.0776. The molecule has 1 atom stereocenters. The molecule has 0 bridgehead atoms. The first-order chi connectivity index (χ1) is 7.26. The van der Waals surface area contributed by atoms with E-state index in [1.165, 1.54) is 0 Å². The monoisotopic (exact) mass is 209 g/mol. The van der Waals surface area contributed by atoms with Gasteiger partial charge in [-0.25, -0.2) is 4.98 Å². The zero-order chi connectivity index (χ0) is 11.1. The van der Waals surface area contributed by atoms with E-state index in [1.54, 1.807) is 25.4 Å². The Morgan fingerprint density at radius 1 is 1.53 bits per heavy atom. The number of ether oxygens (including phenoxy) is 2. The Morgan fingerprint density at radius 2 is 2.33 bits per heavy atom. The molecule has 1 rings (SSSR count). The van der Waals surface area contributed by atoms with E-state index in [4.69, 9.17) is 9.47 Å². The van der Waals surface area contributed by atoms with Gasteiger partial charge in [0, 0.05) is 20.1 Å². The Hall–Kier alpha value is -1.42. The first-order valence-electron chi connectivity index (χ1n) is 4.83. The fourth-order valence-electron chi connectivity index (χ4n) is 1.11. The van der Waals surface area contributed by atoms with Crippen LogP contribution in [0.5, 0.6) is 5.75 Å². The van der Waals surface area contributed by atoms with Gasteiger partial charge >= 0.3 is 0 Å². The lowest BCUT2D eigenvalue weighted by Crippen LogP contribution is -2.14. The molecular weight excluding hydrogens is 194 g/mol. The predicted octanol–water partition coefficient (Wildman–Crippen LogP) is 1.70. The van der Waals surface area contributed by atoms with E-state index in [9.17, 15) is 4.79 Å². The van der Waals surface area contributed by atoms with Crippen molar-refractivity contribution in [1.29, 1.82) is 0 Å². The molecule has 1 aromatic rings. The average molecular weight is 209 g/mol. The molecule has 0 saturated carbocycles. The minimum absolute atomic E-state index is 0.0776. The lowest BCUT2D eigenvalue weighted by molar-refractivity contribution is 0.111. The number of aromatic nitrogens is 1. The number of rotatable bonds is 6. The summed E-state index contributed by atoms with van der Waals surface area (Å²) in [5.41, 5.74) is 0.409. The molecule has 0 aliphatic rings. The Balaban J connectivity index is 2.45. The van der Waals surface area contributed by atoms with Gasteiger partial charge in [-0.15, -0.1) is 0 Å². The molecule has 4 heteroatoms. The van der Waals surface area contributed by atoms with Gasteiger partial charge in [-0.05, 0) is 19.1 Å². The van der Waals surface area contributed by atoms with E-state index >= 15 is 0 Å². The topological polar surface area (TPSA) is 48.4 Å². The van der Waals surface area contributed by atoms with Crippen molar-refractivity contribution in [3.05, 3.63) is 24.0 Å². The highest BCUT2D eigenvalue weighted by Crippen LogP contribution is 2.11. The van der Waals surface area contributed by atoms with E-state index in [2.05, 4.69) is 4.98 Å². The second-order valence-electron chi connectivity index (χ2n) is 3.25. The van der Waals surface area contributed by atoms with Crippen LogP contribution in [0, 0.1) is 0 Å². The van der Waals surface area contributed by atoms with Gasteiger partial charge in [0.25, 0.3) is 0 Å². The molecule has 4 nitrogen and oxygen atoms in total. The van der Waals surface area contributed by atoms with Gasteiger partial charge in [-0.2, -0.15) is 0 Å². The van der Waals surface area contributed by atoms with Crippen molar-refractivity contribution in [2.45, 2.75) is 19.4 Å². The molecule has 1 unspecified atom stereocenters. The molecular formula is C11H15NO3. The molecule has 15 heavy (non-hydrogen) atoms. The maximum atomic E-state index is 10.4. The second-order valence-corrected chi connectivity index (χ2v) is 3.25. The number of carbonyl (C=O) groups is 1. The Kier molecular flexibility index (Phi) is 4.77. The molecule has 0 fully saturated rings. The van der Waals surface area contributed by atoms with E-state index in [0.717, 1.165) is 6.42 Å². The van der Waals surface area contributed by atoms with Crippen LogP contribution in [0.15, 0.2) is 18.3 Å². The highest BCUT2D eigenvalue weighted by Gasteiger charge is 2.03. The molecule has 0 aliphatic carbocycles. The first kappa shape index (κ1) is 11.7. The van der Waals surface area contributed by atoms with Crippen molar-refractivity contribution in [3.8, 4) is 5.75 Å². The molecule has 1 heterocycles. The summed E-state index contributed by atoms with van der Waals surface area (Å²) in [5, 5.41) is 0. The summed E-state index contributed by atoms with van der Waals surface area (Å²) < 4.78 is 10.5. The number of aldehydes is 1. The third-order valence-corrected chi connectivity index (χ3v) is 1.95. The van der Waals surface area contributed by atoms with Crippen molar-refractivity contribution in [2.75, 3.05) is 13.7 Å². The summed E-state index contributed by atoms with van der Waals surface area (Å²) in [6.07, 6.45) is 3.16. The van der Waals surface area contributed by atoms with Crippen LogP contribution in [0.25, 0.3) is 0 Å². The van der Waals surface area contributed by atoms with Crippen molar-refractivity contribution in [1.82, 2.24) is 4.98 Å². The quantitative estimate of drug-likeness (QED) is 0.669. The number of methoxy groups -OCH3 is 1. The molecule has 1 aromatic heterocycles. The van der Waals surface area contributed by atoms with Crippen LogP contribution in [0.4, 0.5) is 0 Å². The third-order valence-electron chi connectivity index (χ3n) is 1.95. The second kappa shape index (κ2) is 6.14. The van der Waals surface area contributed by atoms with E-state index in [-0.39, 0.29) is 6.10 Å². The average Bonchev–Trinajstić information content (AvgIpc) is 2.27. The highest BCUT2D eigenvalue weighted by atomic mass is 16.5. The highest BCUT2D eigenvalue weighted by molar-refractivity contribution is 5.71. The van der Waals surface area contributed by atoms with Gasteiger partial charge in [-0.3, -0.25) is 4.79 Å². The maximum absolute atomic E-state index is 10.4. The standard InChI is InChI=1S/C11H15NO3/c1-9(5-6-14-2)15-11-4-3-10(8-13)12-7-11/h3-4,7-9H,5-6H2,1-2H3. The molecule has 0 saturated heterocycles.